The molecule has 1 amide bonds. The van der Waals surface area contributed by atoms with Gasteiger partial charge in [-0.1, -0.05) is 0 Å². The number of anilines is 2. The fourth-order valence-corrected chi connectivity index (χ4v) is 2.00. The molecule has 0 atom stereocenters. The number of nitrogens with zero attached hydrogens (tertiary/aromatic N) is 1. The highest BCUT2D eigenvalue weighted by Gasteiger charge is 2.18. The molecule has 4 N–H and O–H groups in total. The van der Waals surface area contributed by atoms with Crippen molar-refractivity contribution in [2.24, 2.45) is 0 Å². The monoisotopic (exact) mass is 265 g/mol. The number of nitrogens with two attached hydrogens (primary N) is 1. The SMILES string of the molecule is CCNC(=O)c1ccc(N)cc1N(CCO)C(C)C. The first kappa shape index (κ1) is 15.3. The van der Waals surface area contributed by atoms with Crippen molar-refractivity contribution in [1.82, 2.24) is 5.32 Å². The van der Waals surface area contributed by atoms with Gasteiger partial charge in [0.2, 0.25) is 0 Å². The molecule has 0 aliphatic carbocycles. The van der Waals surface area contributed by atoms with Crippen molar-refractivity contribution in [2.75, 3.05) is 30.3 Å². The molecule has 1 aromatic rings. The summed E-state index contributed by atoms with van der Waals surface area (Å²) in [6.07, 6.45) is 0. The van der Waals surface area contributed by atoms with Gasteiger partial charge in [-0.2, -0.15) is 0 Å². The van der Waals surface area contributed by atoms with Crippen LogP contribution < -0.4 is 16.0 Å². The van der Waals surface area contributed by atoms with E-state index in [1.165, 1.54) is 0 Å². The summed E-state index contributed by atoms with van der Waals surface area (Å²) in [5.74, 6) is -0.124. The van der Waals surface area contributed by atoms with Crippen molar-refractivity contribution in [1.29, 1.82) is 0 Å². The van der Waals surface area contributed by atoms with Crippen LogP contribution in [0.25, 0.3) is 0 Å². The zero-order valence-corrected chi connectivity index (χ0v) is 11.8. The predicted octanol–water partition coefficient (Wildman–Crippen LogP) is 1.23. The van der Waals surface area contributed by atoms with Crippen LogP contribution in [-0.4, -0.2) is 36.8 Å². The van der Waals surface area contributed by atoms with E-state index in [0.29, 0.717) is 24.3 Å². The van der Waals surface area contributed by atoms with Gasteiger partial charge in [-0.05, 0) is 39.0 Å². The Morgan fingerprint density at radius 3 is 2.68 bits per heavy atom. The van der Waals surface area contributed by atoms with E-state index in [1.807, 2.05) is 25.7 Å². The second-order valence-electron chi connectivity index (χ2n) is 4.65. The number of benzene rings is 1. The van der Waals surface area contributed by atoms with Gasteiger partial charge in [-0.3, -0.25) is 4.79 Å². The number of hydrogen-bond donors (Lipinski definition) is 3. The lowest BCUT2D eigenvalue weighted by Gasteiger charge is -2.30. The summed E-state index contributed by atoms with van der Waals surface area (Å²) in [6, 6.07) is 5.39. The summed E-state index contributed by atoms with van der Waals surface area (Å²) in [5, 5.41) is 12.0. The minimum absolute atomic E-state index is 0.0296. The number of nitrogen functional groups attached to an aromatic ring is 1. The van der Waals surface area contributed by atoms with Crippen molar-refractivity contribution in [3.05, 3.63) is 23.8 Å². The topological polar surface area (TPSA) is 78.6 Å². The third kappa shape index (κ3) is 3.86. The molecule has 0 bridgehead atoms. The molecule has 5 nitrogen and oxygen atoms in total. The number of nitrogens with one attached hydrogen (secondary N) is 1. The van der Waals surface area contributed by atoms with Gasteiger partial charge in [0.25, 0.3) is 5.91 Å². The molecular formula is C14H23N3O2. The van der Waals surface area contributed by atoms with Crippen molar-refractivity contribution in [3.63, 3.8) is 0 Å². The van der Waals surface area contributed by atoms with Gasteiger partial charge in [0.1, 0.15) is 0 Å². The average Bonchev–Trinajstić information content (AvgIpc) is 2.35. The van der Waals surface area contributed by atoms with E-state index in [-0.39, 0.29) is 18.6 Å². The van der Waals surface area contributed by atoms with Gasteiger partial charge in [0.15, 0.2) is 0 Å². The smallest absolute Gasteiger partial charge is 0.253 e. The van der Waals surface area contributed by atoms with Crippen LogP contribution in [0.4, 0.5) is 11.4 Å². The summed E-state index contributed by atoms with van der Waals surface area (Å²) < 4.78 is 0. The Morgan fingerprint density at radius 1 is 1.47 bits per heavy atom. The van der Waals surface area contributed by atoms with Gasteiger partial charge in [-0.25, -0.2) is 0 Å². The highest BCUT2D eigenvalue weighted by Crippen LogP contribution is 2.25. The Hall–Kier alpha value is -1.75. The van der Waals surface area contributed by atoms with Crippen LogP contribution in [0.1, 0.15) is 31.1 Å². The first-order chi connectivity index (χ1) is 9.01. The van der Waals surface area contributed by atoms with Crippen LogP contribution in [0.15, 0.2) is 18.2 Å². The molecule has 5 heteroatoms. The zero-order chi connectivity index (χ0) is 14.4. The molecule has 0 saturated heterocycles. The van der Waals surface area contributed by atoms with E-state index in [1.54, 1.807) is 18.2 Å². The molecule has 1 aromatic carbocycles. The van der Waals surface area contributed by atoms with E-state index in [4.69, 9.17) is 5.73 Å². The normalized spacial score (nSPS) is 10.6. The maximum absolute atomic E-state index is 12.1. The number of carbonyl (C=O) groups excluding carboxylic acids is 1. The summed E-state index contributed by atoms with van der Waals surface area (Å²) in [4.78, 5) is 14.0. The second-order valence-corrected chi connectivity index (χ2v) is 4.65. The Labute approximate surface area is 114 Å². The van der Waals surface area contributed by atoms with Crippen molar-refractivity contribution < 1.29 is 9.90 Å². The van der Waals surface area contributed by atoms with Crippen LogP contribution >= 0.6 is 0 Å². The lowest BCUT2D eigenvalue weighted by atomic mass is 10.1. The summed E-state index contributed by atoms with van der Waals surface area (Å²) in [6.45, 7) is 6.98. The third-order valence-corrected chi connectivity index (χ3v) is 2.88. The number of aliphatic hydroxyl groups is 1. The largest absolute Gasteiger partial charge is 0.399 e. The quantitative estimate of drug-likeness (QED) is 0.676. The molecule has 0 aliphatic rings. The van der Waals surface area contributed by atoms with Crippen molar-refractivity contribution in [3.8, 4) is 0 Å². The second kappa shape index (κ2) is 6.99. The molecule has 0 aromatic heterocycles. The third-order valence-electron chi connectivity index (χ3n) is 2.88. The van der Waals surface area contributed by atoms with Crippen LogP contribution in [-0.2, 0) is 0 Å². The van der Waals surface area contributed by atoms with Gasteiger partial charge in [0.05, 0.1) is 17.9 Å². The zero-order valence-electron chi connectivity index (χ0n) is 11.8. The summed E-state index contributed by atoms with van der Waals surface area (Å²) in [5.41, 5.74) is 7.76. The number of carbonyl (C=O) groups is 1. The van der Waals surface area contributed by atoms with Crippen molar-refractivity contribution >= 4 is 17.3 Å². The highest BCUT2D eigenvalue weighted by atomic mass is 16.3. The first-order valence-electron chi connectivity index (χ1n) is 6.56. The fourth-order valence-electron chi connectivity index (χ4n) is 2.00. The van der Waals surface area contributed by atoms with Crippen LogP contribution in [0.5, 0.6) is 0 Å². The Kier molecular flexibility index (Phi) is 5.63. The molecule has 0 fully saturated rings. The Morgan fingerprint density at radius 2 is 2.16 bits per heavy atom. The minimum atomic E-state index is -0.124. The van der Waals surface area contributed by atoms with E-state index < -0.39 is 0 Å². The molecular weight excluding hydrogens is 242 g/mol. The molecule has 19 heavy (non-hydrogen) atoms. The first-order valence-corrected chi connectivity index (χ1v) is 6.56. The van der Waals surface area contributed by atoms with Gasteiger partial charge in [0, 0.05) is 24.8 Å². The predicted molar refractivity (Wildman–Crippen MR) is 78.4 cm³/mol. The maximum atomic E-state index is 12.1. The van der Waals surface area contributed by atoms with E-state index in [2.05, 4.69) is 5.32 Å². The van der Waals surface area contributed by atoms with E-state index >= 15 is 0 Å². The molecule has 0 spiro atoms. The van der Waals surface area contributed by atoms with E-state index in [9.17, 15) is 9.90 Å². The molecule has 106 valence electrons. The number of aliphatic hydroxyl groups excluding tert-OH is 1. The summed E-state index contributed by atoms with van der Waals surface area (Å²) in [7, 11) is 0. The Bertz CT molecular complexity index is 433. The molecule has 0 heterocycles. The average molecular weight is 265 g/mol. The van der Waals surface area contributed by atoms with E-state index in [0.717, 1.165) is 5.69 Å². The molecule has 0 unspecified atom stereocenters. The maximum Gasteiger partial charge on any atom is 0.253 e. The number of amides is 1. The minimum Gasteiger partial charge on any atom is -0.399 e. The molecule has 0 saturated carbocycles. The van der Waals surface area contributed by atoms with Gasteiger partial charge in [-0.15, -0.1) is 0 Å². The van der Waals surface area contributed by atoms with Crippen LogP contribution in [0.2, 0.25) is 0 Å². The van der Waals surface area contributed by atoms with Crippen molar-refractivity contribution in [2.45, 2.75) is 26.8 Å². The Balaban J connectivity index is 3.21. The highest BCUT2D eigenvalue weighted by molar-refractivity contribution is 6.00. The lowest BCUT2D eigenvalue weighted by molar-refractivity contribution is 0.0956. The lowest BCUT2D eigenvalue weighted by Crippen LogP contribution is -2.36. The molecule has 0 aliphatic heterocycles. The van der Waals surface area contributed by atoms with Crippen LogP contribution in [0, 0.1) is 0 Å². The standard InChI is InChI=1S/C14H23N3O2/c1-4-16-14(19)12-6-5-11(15)9-13(12)17(7-8-18)10(2)3/h5-6,9-10,18H,4,7-8,15H2,1-3H3,(H,16,19). The molecule has 1 rings (SSSR count). The van der Waals surface area contributed by atoms with Gasteiger partial charge < -0.3 is 21.1 Å². The molecule has 0 radical (unpaired) electrons. The number of rotatable bonds is 6. The fraction of sp³-hybridized carbons (Fsp3) is 0.500. The summed E-state index contributed by atoms with van der Waals surface area (Å²) >= 11 is 0. The van der Waals surface area contributed by atoms with Gasteiger partial charge >= 0.3 is 0 Å². The van der Waals surface area contributed by atoms with Crippen LogP contribution in [0.3, 0.4) is 0 Å². The number of hydrogen-bond acceptors (Lipinski definition) is 4.